The highest BCUT2D eigenvalue weighted by Crippen LogP contribution is 1.75. The molecule has 0 atom stereocenters. The van der Waals surface area contributed by atoms with Crippen molar-refractivity contribution in [1.82, 2.24) is 10.6 Å². The number of carboxylic acid groups (broad SMARTS) is 1. The minimum absolute atomic E-state index is 0.175. The summed E-state index contributed by atoms with van der Waals surface area (Å²) in [6, 6.07) is 0. The number of rotatable bonds is 7. The molecule has 0 aliphatic carbocycles. The lowest BCUT2D eigenvalue weighted by Gasteiger charge is -2.05. The number of hydrogen-bond donors (Lipinski definition) is 3. The third-order valence-corrected chi connectivity index (χ3v) is 1.28. The van der Waals surface area contributed by atoms with E-state index >= 15 is 0 Å². The zero-order valence-corrected chi connectivity index (χ0v) is 8.41. The van der Waals surface area contributed by atoms with E-state index < -0.39 is 18.5 Å². The summed E-state index contributed by atoms with van der Waals surface area (Å²) in [5.41, 5.74) is 0. The molecule has 0 aliphatic heterocycles. The molecular weight excluding hydrogens is 204 g/mol. The van der Waals surface area contributed by atoms with Crippen LogP contribution in [0.15, 0.2) is 0 Å². The van der Waals surface area contributed by atoms with Crippen LogP contribution in [0.5, 0.6) is 0 Å². The smallest absolute Gasteiger partial charge is 0.329 e. The van der Waals surface area contributed by atoms with Crippen molar-refractivity contribution in [2.24, 2.45) is 0 Å². The Labute approximate surface area is 86.8 Å². The van der Waals surface area contributed by atoms with Gasteiger partial charge in [-0.15, -0.1) is 0 Å². The maximum absolute atomic E-state index is 10.9. The van der Waals surface area contributed by atoms with Gasteiger partial charge in [-0.3, -0.25) is 9.59 Å². The normalized spacial score (nSPS) is 9.40. The SMILES string of the molecule is CC(=O)NCCNC(=O)COCC(=O)O. The fraction of sp³-hybridized carbons (Fsp3) is 0.625. The maximum atomic E-state index is 10.9. The molecule has 0 saturated heterocycles. The Bertz CT molecular complexity index is 241. The van der Waals surface area contributed by atoms with Gasteiger partial charge in [0, 0.05) is 20.0 Å². The molecule has 0 spiro atoms. The second-order valence-electron chi connectivity index (χ2n) is 2.72. The van der Waals surface area contributed by atoms with Crippen molar-refractivity contribution in [3.63, 3.8) is 0 Å². The van der Waals surface area contributed by atoms with Crippen LogP contribution < -0.4 is 10.6 Å². The third-order valence-electron chi connectivity index (χ3n) is 1.28. The first-order valence-electron chi connectivity index (χ1n) is 4.33. The molecule has 7 heteroatoms. The van der Waals surface area contributed by atoms with E-state index in [1.165, 1.54) is 6.92 Å². The summed E-state index contributed by atoms with van der Waals surface area (Å²) in [5.74, 6) is -1.71. The van der Waals surface area contributed by atoms with E-state index in [1.54, 1.807) is 0 Å². The van der Waals surface area contributed by atoms with Gasteiger partial charge in [0.2, 0.25) is 11.8 Å². The molecule has 0 unspecified atom stereocenters. The van der Waals surface area contributed by atoms with Crippen molar-refractivity contribution in [2.75, 3.05) is 26.3 Å². The van der Waals surface area contributed by atoms with Crippen LogP contribution in [0.4, 0.5) is 0 Å². The van der Waals surface area contributed by atoms with Crippen molar-refractivity contribution in [1.29, 1.82) is 0 Å². The maximum Gasteiger partial charge on any atom is 0.329 e. The fourth-order valence-electron chi connectivity index (χ4n) is 0.723. The molecule has 0 saturated carbocycles. The van der Waals surface area contributed by atoms with Gasteiger partial charge in [0.05, 0.1) is 0 Å². The molecule has 0 aromatic heterocycles. The Morgan fingerprint density at radius 1 is 1.13 bits per heavy atom. The third kappa shape index (κ3) is 10.3. The highest BCUT2D eigenvalue weighted by molar-refractivity contribution is 5.78. The van der Waals surface area contributed by atoms with Crippen LogP contribution in [0.1, 0.15) is 6.92 Å². The Balaban J connectivity index is 3.33. The quantitative estimate of drug-likeness (QED) is 0.443. The number of carbonyl (C=O) groups excluding carboxylic acids is 2. The van der Waals surface area contributed by atoms with Gasteiger partial charge >= 0.3 is 5.97 Å². The summed E-state index contributed by atoms with van der Waals surface area (Å²) in [7, 11) is 0. The Morgan fingerprint density at radius 3 is 2.27 bits per heavy atom. The molecule has 0 radical (unpaired) electrons. The highest BCUT2D eigenvalue weighted by atomic mass is 16.5. The zero-order chi connectivity index (χ0) is 11.7. The number of amides is 2. The lowest BCUT2D eigenvalue weighted by atomic mass is 10.5. The first-order chi connectivity index (χ1) is 7.02. The van der Waals surface area contributed by atoms with Gasteiger partial charge in [0.25, 0.3) is 0 Å². The van der Waals surface area contributed by atoms with E-state index in [-0.39, 0.29) is 19.1 Å². The van der Waals surface area contributed by atoms with Crippen molar-refractivity contribution in [3.05, 3.63) is 0 Å². The summed E-state index contributed by atoms with van der Waals surface area (Å²) in [5, 5.41) is 13.1. The van der Waals surface area contributed by atoms with Crippen LogP contribution in [-0.4, -0.2) is 49.2 Å². The van der Waals surface area contributed by atoms with E-state index in [1.807, 2.05) is 0 Å². The molecule has 15 heavy (non-hydrogen) atoms. The summed E-state index contributed by atoms with van der Waals surface area (Å²) in [4.78, 5) is 31.4. The van der Waals surface area contributed by atoms with Crippen LogP contribution in [0.2, 0.25) is 0 Å². The molecule has 0 aliphatic rings. The number of nitrogens with one attached hydrogen (secondary N) is 2. The molecule has 0 rings (SSSR count). The molecule has 7 nitrogen and oxygen atoms in total. The van der Waals surface area contributed by atoms with Crippen LogP contribution in [0.25, 0.3) is 0 Å². The Morgan fingerprint density at radius 2 is 1.73 bits per heavy atom. The zero-order valence-electron chi connectivity index (χ0n) is 8.41. The van der Waals surface area contributed by atoms with Gasteiger partial charge in [-0.1, -0.05) is 0 Å². The van der Waals surface area contributed by atoms with Crippen molar-refractivity contribution in [3.8, 4) is 0 Å². The average molecular weight is 218 g/mol. The average Bonchev–Trinajstić information content (AvgIpc) is 2.11. The van der Waals surface area contributed by atoms with Gasteiger partial charge in [-0.05, 0) is 0 Å². The molecule has 0 aromatic rings. The van der Waals surface area contributed by atoms with Crippen molar-refractivity contribution in [2.45, 2.75) is 6.92 Å². The first kappa shape index (κ1) is 13.4. The molecule has 2 amide bonds. The lowest BCUT2D eigenvalue weighted by molar-refractivity contribution is -0.143. The van der Waals surface area contributed by atoms with Crippen molar-refractivity contribution >= 4 is 17.8 Å². The summed E-state index contributed by atoms with van der Waals surface area (Å²) in [6.07, 6.45) is 0. The molecular formula is C8H14N2O5. The van der Waals surface area contributed by atoms with Gasteiger partial charge < -0.3 is 20.5 Å². The number of aliphatic carboxylic acids is 1. The second-order valence-corrected chi connectivity index (χ2v) is 2.72. The standard InChI is InChI=1S/C8H14N2O5/c1-6(11)9-2-3-10-7(12)4-15-5-8(13)14/h2-5H2,1H3,(H,9,11)(H,10,12)(H,13,14). The van der Waals surface area contributed by atoms with Crippen LogP contribution >= 0.6 is 0 Å². The Kier molecular flexibility index (Phi) is 6.90. The topological polar surface area (TPSA) is 105 Å². The Hall–Kier alpha value is -1.63. The van der Waals surface area contributed by atoms with E-state index in [2.05, 4.69) is 15.4 Å². The van der Waals surface area contributed by atoms with E-state index in [0.29, 0.717) is 6.54 Å². The fourth-order valence-corrected chi connectivity index (χ4v) is 0.723. The van der Waals surface area contributed by atoms with Crippen LogP contribution in [0.3, 0.4) is 0 Å². The van der Waals surface area contributed by atoms with Crippen molar-refractivity contribution < 1.29 is 24.2 Å². The second kappa shape index (κ2) is 7.74. The largest absolute Gasteiger partial charge is 0.480 e. The number of carbonyl (C=O) groups is 3. The van der Waals surface area contributed by atoms with Gasteiger partial charge in [0.15, 0.2) is 0 Å². The summed E-state index contributed by atoms with van der Waals surface area (Å²) >= 11 is 0. The molecule has 0 aromatic carbocycles. The van der Waals surface area contributed by atoms with E-state index in [4.69, 9.17) is 5.11 Å². The lowest BCUT2D eigenvalue weighted by Crippen LogP contribution is -2.35. The minimum atomic E-state index is -1.12. The predicted octanol–water partition coefficient (Wildman–Crippen LogP) is -1.66. The van der Waals surface area contributed by atoms with Gasteiger partial charge in [0.1, 0.15) is 13.2 Å². The first-order valence-corrected chi connectivity index (χ1v) is 4.33. The highest BCUT2D eigenvalue weighted by Gasteiger charge is 2.02. The minimum Gasteiger partial charge on any atom is -0.480 e. The molecule has 86 valence electrons. The predicted molar refractivity (Wildman–Crippen MR) is 50.1 cm³/mol. The molecule has 3 N–H and O–H groups in total. The van der Waals surface area contributed by atoms with Crippen LogP contribution in [0, 0.1) is 0 Å². The number of carboxylic acids is 1. The van der Waals surface area contributed by atoms with E-state index in [9.17, 15) is 14.4 Å². The number of hydrogen-bond acceptors (Lipinski definition) is 4. The molecule has 0 bridgehead atoms. The van der Waals surface area contributed by atoms with Gasteiger partial charge in [-0.25, -0.2) is 4.79 Å². The van der Waals surface area contributed by atoms with E-state index in [0.717, 1.165) is 0 Å². The number of ether oxygens (including phenoxy) is 1. The molecule has 0 fully saturated rings. The van der Waals surface area contributed by atoms with Gasteiger partial charge in [-0.2, -0.15) is 0 Å². The summed E-state index contributed by atoms with van der Waals surface area (Å²) in [6.45, 7) is 1.19. The summed E-state index contributed by atoms with van der Waals surface area (Å²) < 4.78 is 4.54. The molecule has 0 heterocycles. The van der Waals surface area contributed by atoms with Crippen LogP contribution in [-0.2, 0) is 19.1 Å². The monoisotopic (exact) mass is 218 g/mol.